The van der Waals surface area contributed by atoms with Crippen molar-refractivity contribution in [3.05, 3.63) is 0 Å². The van der Waals surface area contributed by atoms with Crippen molar-refractivity contribution in [2.45, 2.75) is 12.8 Å². The summed E-state index contributed by atoms with van der Waals surface area (Å²) in [6.07, 6.45) is 0.766. The molecule has 56 valence electrons. The molecule has 0 radical (unpaired) electrons. The summed E-state index contributed by atoms with van der Waals surface area (Å²) in [6, 6.07) is 0. The highest BCUT2D eigenvalue weighted by molar-refractivity contribution is 5.80. The van der Waals surface area contributed by atoms with E-state index >= 15 is 0 Å². The fourth-order valence-electron chi connectivity index (χ4n) is 1.09. The quantitative estimate of drug-likeness (QED) is 0.519. The maximum Gasteiger partial charge on any atom is 0.220 e. The lowest BCUT2D eigenvalue weighted by Crippen LogP contribution is -2.18. The molecule has 3 N–H and O–H groups in total. The van der Waals surface area contributed by atoms with E-state index in [0.29, 0.717) is 19.4 Å². The van der Waals surface area contributed by atoms with E-state index in [9.17, 15) is 9.59 Å². The zero-order valence-corrected chi connectivity index (χ0v) is 5.59. The van der Waals surface area contributed by atoms with E-state index in [1.54, 1.807) is 0 Å². The Kier molecular flexibility index (Phi) is 1.89. The highest BCUT2D eigenvalue weighted by Crippen LogP contribution is 2.11. The molecule has 0 saturated carbocycles. The maximum atomic E-state index is 10.6. The van der Waals surface area contributed by atoms with Gasteiger partial charge in [0.05, 0.1) is 0 Å². The van der Waals surface area contributed by atoms with E-state index in [-0.39, 0.29) is 17.7 Å². The van der Waals surface area contributed by atoms with Crippen LogP contribution in [0.5, 0.6) is 0 Å². The minimum absolute atomic E-state index is 0.0197. The number of carbonyl (C=O) groups is 2. The third-order valence-corrected chi connectivity index (χ3v) is 1.55. The molecule has 10 heavy (non-hydrogen) atoms. The molecule has 1 rings (SSSR count). The lowest BCUT2D eigenvalue weighted by Gasteiger charge is -2.00. The van der Waals surface area contributed by atoms with E-state index in [1.165, 1.54) is 0 Å². The minimum Gasteiger partial charge on any atom is -0.370 e. The van der Waals surface area contributed by atoms with Gasteiger partial charge in [-0.05, 0) is 5.92 Å². The SMILES string of the molecule is NC(=O)CC1CNC(=O)C1. The zero-order chi connectivity index (χ0) is 7.56. The number of primary amides is 1. The first-order valence-corrected chi connectivity index (χ1v) is 3.23. The molecule has 0 bridgehead atoms. The molecule has 4 heteroatoms. The lowest BCUT2D eigenvalue weighted by molar-refractivity contribution is -0.119. The van der Waals surface area contributed by atoms with Gasteiger partial charge >= 0.3 is 0 Å². The molecule has 1 atom stereocenters. The van der Waals surface area contributed by atoms with Gasteiger partial charge in [0.15, 0.2) is 0 Å². The Morgan fingerprint density at radius 2 is 2.50 bits per heavy atom. The lowest BCUT2D eigenvalue weighted by atomic mass is 10.1. The maximum absolute atomic E-state index is 10.6. The zero-order valence-electron chi connectivity index (χ0n) is 5.59. The molecule has 0 aromatic heterocycles. The second-order valence-electron chi connectivity index (χ2n) is 2.54. The Morgan fingerprint density at radius 3 is 2.90 bits per heavy atom. The second-order valence-corrected chi connectivity index (χ2v) is 2.54. The van der Waals surface area contributed by atoms with Gasteiger partial charge in [-0.1, -0.05) is 0 Å². The van der Waals surface area contributed by atoms with Crippen molar-refractivity contribution in [3.63, 3.8) is 0 Å². The number of rotatable bonds is 2. The third-order valence-electron chi connectivity index (χ3n) is 1.55. The molecule has 1 saturated heterocycles. The fraction of sp³-hybridized carbons (Fsp3) is 0.667. The van der Waals surface area contributed by atoms with E-state index in [1.807, 2.05) is 0 Å². The summed E-state index contributed by atoms with van der Waals surface area (Å²) >= 11 is 0. The van der Waals surface area contributed by atoms with Crippen molar-refractivity contribution in [1.29, 1.82) is 0 Å². The Morgan fingerprint density at radius 1 is 1.80 bits per heavy atom. The van der Waals surface area contributed by atoms with Crippen LogP contribution in [0.1, 0.15) is 12.8 Å². The van der Waals surface area contributed by atoms with Gasteiger partial charge in [-0.3, -0.25) is 9.59 Å². The van der Waals surface area contributed by atoms with Crippen molar-refractivity contribution in [1.82, 2.24) is 5.32 Å². The molecule has 0 spiro atoms. The average Bonchev–Trinajstić information content (AvgIpc) is 2.13. The van der Waals surface area contributed by atoms with Gasteiger partial charge in [-0.15, -0.1) is 0 Å². The fourth-order valence-corrected chi connectivity index (χ4v) is 1.09. The van der Waals surface area contributed by atoms with E-state index in [0.717, 1.165) is 0 Å². The average molecular weight is 142 g/mol. The number of amides is 2. The number of hydrogen-bond acceptors (Lipinski definition) is 2. The summed E-state index contributed by atoms with van der Waals surface area (Å²) in [5, 5.41) is 2.63. The molecule has 0 aromatic rings. The molecule has 1 fully saturated rings. The standard InChI is InChI=1S/C6H10N2O2/c7-5(9)1-4-2-6(10)8-3-4/h4H,1-3H2,(H2,7,9)(H,8,10). The Labute approximate surface area is 58.8 Å². The van der Waals surface area contributed by atoms with Crippen molar-refractivity contribution in [3.8, 4) is 0 Å². The predicted molar refractivity (Wildman–Crippen MR) is 34.9 cm³/mol. The molecule has 1 heterocycles. The van der Waals surface area contributed by atoms with E-state index in [4.69, 9.17) is 5.73 Å². The van der Waals surface area contributed by atoms with Crippen LogP contribution in [-0.4, -0.2) is 18.4 Å². The summed E-state index contributed by atoms with van der Waals surface area (Å²) in [5.74, 6) is -0.183. The molecule has 2 amide bonds. The molecular weight excluding hydrogens is 132 g/mol. The van der Waals surface area contributed by atoms with Crippen molar-refractivity contribution in [2.24, 2.45) is 11.7 Å². The molecule has 0 aromatic carbocycles. The first-order valence-electron chi connectivity index (χ1n) is 3.23. The summed E-state index contributed by atoms with van der Waals surface area (Å²) in [4.78, 5) is 20.9. The van der Waals surface area contributed by atoms with Gasteiger partial charge in [0.1, 0.15) is 0 Å². The summed E-state index contributed by atoms with van der Waals surface area (Å²) in [6.45, 7) is 0.599. The largest absolute Gasteiger partial charge is 0.370 e. The summed E-state index contributed by atoms with van der Waals surface area (Å²) < 4.78 is 0. The second kappa shape index (κ2) is 2.68. The third kappa shape index (κ3) is 1.72. The highest BCUT2D eigenvalue weighted by atomic mass is 16.2. The van der Waals surface area contributed by atoms with Crippen molar-refractivity contribution >= 4 is 11.8 Å². The normalized spacial score (nSPS) is 24.4. The number of nitrogens with one attached hydrogen (secondary N) is 1. The Bertz CT molecular complexity index is 167. The highest BCUT2D eigenvalue weighted by Gasteiger charge is 2.22. The molecule has 1 aliphatic rings. The van der Waals surface area contributed by atoms with Crippen LogP contribution in [0.2, 0.25) is 0 Å². The molecule has 0 aliphatic carbocycles. The molecule has 4 nitrogen and oxygen atoms in total. The van der Waals surface area contributed by atoms with Crippen LogP contribution in [0.15, 0.2) is 0 Å². The van der Waals surface area contributed by atoms with Gasteiger partial charge in [0, 0.05) is 19.4 Å². The van der Waals surface area contributed by atoms with Gasteiger partial charge in [0.25, 0.3) is 0 Å². The Hall–Kier alpha value is -1.06. The minimum atomic E-state index is -0.332. The van der Waals surface area contributed by atoms with E-state index < -0.39 is 0 Å². The number of carbonyl (C=O) groups excluding carboxylic acids is 2. The van der Waals surface area contributed by atoms with Crippen LogP contribution in [0.3, 0.4) is 0 Å². The molecular formula is C6H10N2O2. The molecule has 1 aliphatic heterocycles. The monoisotopic (exact) mass is 142 g/mol. The summed E-state index contributed by atoms with van der Waals surface area (Å²) in [5.41, 5.74) is 4.94. The van der Waals surface area contributed by atoms with Crippen molar-refractivity contribution in [2.75, 3.05) is 6.54 Å². The van der Waals surface area contributed by atoms with Crippen LogP contribution in [0.25, 0.3) is 0 Å². The first-order chi connectivity index (χ1) is 4.68. The summed E-state index contributed by atoms with van der Waals surface area (Å²) in [7, 11) is 0. The predicted octanol–water partition coefficient (Wildman–Crippen LogP) is -1.00. The topological polar surface area (TPSA) is 72.2 Å². The Balaban J connectivity index is 2.31. The molecule has 1 unspecified atom stereocenters. The van der Waals surface area contributed by atoms with Crippen LogP contribution < -0.4 is 11.1 Å². The first kappa shape index (κ1) is 7.05. The van der Waals surface area contributed by atoms with Gasteiger partial charge in [-0.2, -0.15) is 0 Å². The smallest absolute Gasteiger partial charge is 0.220 e. The van der Waals surface area contributed by atoms with Crippen LogP contribution in [0.4, 0.5) is 0 Å². The van der Waals surface area contributed by atoms with E-state index in [2.05, 4.69) is 5.32 Å². The van der Waals surface area contributed by atoms with Crippen LogP contribution >= 0.6 is 0 Å². The van der Waals surface area contributed by atoms with Gasteiger partial charge in [0.2, 0.25) is 11.8 Å². The number of nitrogens with two attached hydrogens (primary N) is 1. The van der Waals surface area contributed by atoms with Crippen LogP contribution in [0, 0.1) is 5.92 Å². The van der Waals surface area contributed by atoms with Crippen molar-refractivity contribution < 1.29 is 9.59 Å². The van der Waals surface area contributed by atoms with Crippen LogP contribution in [-0.2, 0) is 9.59 Å². The van der Waals surface area contributed by atoms with Gasteiger partial charge in [-0.25, -0.2) is 0 Å². The number of hydrogen-bond donors (Lipinski definition) is 2. The van der Waals surface area contributed by atoms with Gasteiger partial charge < -0.3 is 11.1 Å².